The molecule has 6 nitrogen and oxygen atoms in total. The molecule has 0 bridgehead atoms. The number of hydrogen-bond acceptors (Lipinski definition) is 4. The smallest absolute Gasteiger partial charge is 0.257 e. The molecule has 0 atom stereocenters. The van der Waals surface area contributed by atoms with E-state index < -0.39 is 0 Å². The number of ether oxygens (including phenoxy) is 2. The summed E-state index contributed by atoms with van der Waals surface area (Å²) in [7, 11) is 3.11. The van der Waals surface area contributed by atoms with Crippen LogP contribution in [0.4, 0.5) is 0 Å². The molecule has 1 aromatic heterocycles. The Balaban J connectivity index is 1.86. The van der Waals surface area contributed by atoms with Gasteiger partial charge in [0.25, 0.3) is 11.5 Å². The topological polar surface area (TPSA) is 69.6 Å². The van der Waals surface area contributed by atoms with E-state index in [0.29, 0.717) is 30.8 Å². The van der Waals surface area contributed by atoms with Crippen molar-refractivity contribution in [1.82, 2.24) is 9.88 Å². The molecule has 2 heterocycles. The van der Waals surface area contributed by atoms with Gasteiger partial charge in [-0.05, 0) is 37.0 Å². The van der Waals surface area contributed by atoms with Gasteiger partial charge in [-0.3, -0.25) is 9.59 Å². The Morgan fingerprint density at radius 3 is 2.58 bits per heavy atom. The number of nitrogens with zero attached hydrogens (tertiary/aromatic N) is 1. The molecular formula is C20H24N2O4. The lowest BCUT2D eigenvalue weighted by Crippen LogP contribution is -2.30. The zero-order valence-electron chi connectivity index (χ0n) is 15.2. The third-order valence-corrected chi connectivity index (χ3v) is 4.74. The second kappa shape index (κ2) is 8.08. The Morgan fingerprint density at radius 1 is 1.12 bits per heavy atom. The summed E-state index contributed by atoms with van der Waals surface area (Å²) in [6.45, 7) is 1.04. The normalized spacial score (nSPS) is 13.5. The van der Waals surface area contributed by atoms with Crippen molar-refractivity contribution < 1.29 is 14.3 Å². The van der Waals surface area contributed by atoms with Crippen molar-refractivity contribution in [3.8, 4) is 11.5 Å². The van der Waals surface area contributed by atoms with Gasteiger partial charge in [0.15, 0.2) is 0 Å². The van der Waals surface area contributed by atoms with Gasteiger partial charge in [0, 0.05) is 24.8 Å². The minimum Gasteiger partial charge on any atom is -0.497 e. The van der Waals surface area contributed by atoms with Crippen molar-refractivity contribution >= 4 is 5.91 Å². The van der Waals surface area contributed by atoms with E-state index in [1.165, 1.54) is 13.2 Å². The van der Waals surface area contributed by atoms with Crippen LogP contribution in [0.15, 0.2) is 35.1 Å². The Kier molecular flexibility index (Phi) is 5.61. The van der Waals surface area contributed by atoms with Crippen LogP contribution in [0.2, 0.25) is 0 Å². The number of methoxy groups -OCH3 is 2. The molecule has 6 heteroatoms. The Labute approximate surface area is 152 Å². The number of nitrogens with one attached hydrogen (secondary N) is 1. The fourth-order valence-electron chi connectivity index (χ4n) is 3.33. The van der Waals surface area contributed by atoms with Crippen LogP contribution in [0.1, 0.15) is 40.9 Å². The molecule has 0 radical (unpaired) electrons. The molecule has 0 unspecified atom stereocenters. The molecule has 3 rings (SSSR count). The van der Waals surface area contributed by atoms with Crippen molar-refractivity contribution in [2.24, 2.45) is 0 Å². The zero-order valence-corrected chi connectivity index (χ0v) is 15.2. The van der Waals surface area contributed by atoms with Crippen LogP contribution in [-0.4, -0.2) is 24.7 Å². The summed E-state index contributed by atoms with van der Waals surface area (Å²) in [4.78, 5) is 25.2. The van der Waals surface area contributed by atoms with Gasteiger partial charge >= 0.3 is 0 Å². The molecule has 0 fully saturated rings. The summed E-state index contributed by atoms with van der Waals surface area (Å²) < 4.78 is 12.2. The molecule has 0 spiro atoms. The third kappa shape index (κ3) is 3.74. The summed E-state index contributed by atoms with van der Waals surface area (Å²) in [6.07, 6.45) is 3.67. The first-order valence-corrected chi connectivity index (χ1v) is 8.86. The van der Waals surface area contributed by atoms with Gasteiger partial charge in [-0.25, -0.2) is 0 Å². The number of rotatable bonds is 5. The predicted octanol–water partition coefficient (Wildman–Crippen LogP) is 2.52. The number of benzene rings is 1. The van der Waals surface area contributed by atoms with E-state index in [9.17, 15) is 9.59 Å². The average molecular weight is 356 g/mol. The van der Waals surface area contributed by atoms with Crippen molar-refractivity contribution in [3.63, 3.8) is 0 Å². The molecule has 1 aliphatic rings. The average Bonchev–Trinajstić information content (AvgIpc) is 2.92. The predicted molar refractivity (Wildman–Crippen MR) is 99.0 cm³/mol. The lowest BCUT2D eigenvalue weighted by Gasteiger charge is -2.17. The first kappa shape index (κ1) is 18.0. The Bertz CT molecular complexity index is 840. The Morgan fingerprint density at radius 2 is 1.88 bits per heavy atom. The molecular weight excluding hydrogens is 332 g/mol. The summed E-state index contributed by atoms with van der Waals surface area (Å²) in [5, 5.41) is 2.94. The molecule has 138 valence electrons. The first-order valence-electron chi connectivity index (χ1n) is 8.86. The van der Waals surface area contributed by atoms with Crippen molar-refractivity contribution in [3.05, 3.63) is 57.5 Å². The van der Waals surface area contributed by atoms with E-state index in [-0.39, 0.29) is 11.5 Å². The molecule has 2 aromatic rings. The Hall–Kier alpha value is -2.76. The summed E-state index contributed by atoms with van der Waals surface area (Å²) in [5.74, 6) is 0.896. The number of aromatic nitrogens is 1. The van der Waals surface area contributed by atoms with Crippen LogP contribution in [0.3, 0.4) is 0 Å². The molecule has 0 saturated carbocycles. The molecule has 1 amide bonds. The summed E-state index contributed by atoms with van der Waals surface area (Å²) in [6, 6.07) is 8.95. The van der Waals surface area contributed by atoms with Gasteiger partial charge in [-0.1, -0.05) is 18.6 Å². The first-order chi connectivity index (χ1) is 12.6. The third-order valence-electron chi connectivity index (χ3n) is 4.74. The lowest BCUT2D eigenvalue weighted by atomic mass is 10.1. The molecule has 0 saturated heterocycles. The van der Waals surface area contributed by atoms with E-state index in [2.05, 4.69) is 5.32 Å². The zero-order chi connectivity index (χ0) is 18.5. The molecule has 1 N–H and O–H groups in total. The van der Waals surface area contributed by atoms with Gasteiger partial charge in [0.2, 0.25) is 0 Å². The summed E-state index contributed by atoms with van der Waals surface area (Å²) in [5.41, 5.74) is 2.12. The number of pyridine rings is 1. The minimum absolute atomic E-state index is 0.106. The van der Waals surface area contributed by atoms with Crippen LogP contribution in [0, 0.1) is 0 Å². The lowest BCUT2D eigenvalue weighted by molar-refractivity contribution is 0.0945. The van der Waals surface area contributed by atoms with Crippen molar-refractivity contribution in [2.75, 3.05) is 14.2 Å². The van der Waals surface area contributed by atoms with Gasteiger partial charge in [-0.2, -0.15) is 0 Å². The maximum absolute atomic E-state index is 12.9. The minimum atomic E-state index is -0.219. The van der Waals surface area contributed by atoms with E-state index in [0.717, 1.165) is 36.3 Å². The van der Waals surface area contributed by atoms with E-state index >= 15 is 0 Å². The number of amides is 1. The molecule has 26 heavy (non-hydrogen) atoms. The standard InChI is InChI=1S/C20H24N2O4/c1-25-15-9-7-14(8-10-15)13-21-20(24)19-16-6-4-3-5-11-22(16)18(23)12-17(19)26-2/h7-10,12H,3-6,11,13H2,1-2H3,(H,21,24). The SMILES string of the molecule is COc1ccc(CNC(=O)c2c(OC)cc(=O)n3c2CCCCC3)cc1. The maximum atomic E-state index is 12.9. The van der Waals surface area contributed by atoms with Crippen molar-refractivity contribution in [1.29, 1.82) is 0 Å². The maximum Gasteiger partial charge on any atom is 0.257 e. The molecule has 0 aliphatic carbocycles. The van der Waals surface area contributed by atoms with E-state index in [4.69, 9.17) is 9.47 Å². The number of carbonyl (C=O) groups is 1. The quantitative estimate of drug-likeness (QED) is 0.894. The van der Waals surface area contributed by atoms with Crippen LogP contribution < -0.4 is 20.3 Å². The molecule has 1 aromatic carbocycles. The van der Waals surface area contributed by atoms with E-state index in [1.807, 2.05) is 24.3 Å². The van der Waals surface area contributed by atoms with Crippen LogP contribution in [-0.2, 0) is 19.5 Å². The fraction of sp³-hybridized carbons (Fsp3) is 0.400. The highest BCUT2D eigenvalue weighted by atomic mass is 16.5. The second-order valence-electron chi connectivity index (χ2n) is 6.37. The van der Waals surface area contributed by atoms with Crippen LogP contribution in [0.5, 0.6) is 11.5 Å². The fourth-order valence-corrected chi connectivity index (χ4v) is 3.33. The van der Waals surface area contributed by atoms with Gasteiger partial charge < -0.3 is 19.4 Å². The van der Waals surface area contributed by atoms with Crippen molar-refractivity contribution in [2.45, 2.75) is 38.8 Å². The second-order valence-corrected chi connectivity index (χ2v) is 6.37. The number of carbonyl (C=O) groups excluding carboxylic acids is 1. The number of hydrogen-bond donors (Lipinski definition) is 1. The summed E-state index contributed by atoms with van der Waals surface area (Å²) >= 11 is 0. The highest BCUT2D eigenvalue weighted by Gasteiger charge is 2.23. The monoisotopic (exact) mass is 356 g/mol. The highest BCUT2D eigenvalue weighted by Crippen LogP contribution is 2.24. The molecule has 1 aliphatic heterocycles. The highest BCUT2D eigenvalue weighted by molar-refractivity contribution is 5.98. The van der Waals surface area contributed by atoms with E-state index in [1.54, 1.807) is 11.7 Å². The van der Waals surface area contributed by atoms with Crippen LogP contribution >= 0.6 is 0 Å². The van der Waals surface area contributed by atoms with Gasteiger partial charge in [0.05, 0.1) is 14.2 Å². The van der Waals surface area contributed by atoms with Gasteiger partial charge in [0.1, 0.15) is 17.1 Å². The number of fused-ring (bicyclic) bond motifs is 1. The largest absolute Gasteiger partial charge is 0.497 e. The van der Waals surface area contributed by atoms with Gasteiger partial charge in [-0.15, -0.1) is 0 Å². The van der Waals surface area contributed by atoms with Crippen LogP contribution in [0.25, 0.3) is 0 Å².